The fourth-order valence-corrected chi connectivity index (χ4v) is 4.08. The maximum atomic E-state index is 12.3. The summed E-state index contributed by atoms with van der Waals surface area (Å²) in [6.45, 7) is 0.337. The van der Waals surface area contributed by atoms with E-state index in [2.05, 4.69) is 20.6 Å². The minimum absolute atomic E-state index is 0.199. The molecule has 30 heavy (non-hydrogen) atoms. The van der Waals surface area contributed by atoms with Gasteiger partial charge in [-0.2, -0.15) is 0 Å². The van der Waals surface area contributed by atoms with Crippen LogP contribution in [0.2, 0.25) is 4.34 Å². The molecule has 3 heterocycles. The number of rotatable bonds is 7. The van der Waals surface area contributed by atoms with Crippen LogP contribution in [0, 0.1) is 0 Å². The summed E-state index contributed by atoms with van der Waals surface area (Å²) in [6, 6.07) is 4.37. The molecule has 0 atom stereocenters. The Morgan fingerprint density at radius 1 is 1.30 bits per heavy atom. The van der Waals surface area contributed by atoms with E-state index in [0.717, 1.165) is 9.44 Å². The molecule has 0 saturated carbocycles. The van der Waals surface area contributed by atoms with Crippen molar-refractivity contribution in [1.29, 1.82) is 0 Å². The van der Waals surface area contributed by atoms with Gasteiger partial charge in [-0.3, -0.25) is 24.5 Å². The zero-order valence-corrected chi connectivity index (χ0v) is 18.1. The van der Waals surface area contributed by atoms with Gasteiger partial charge >= 0.3 is 11.7 Å². The van der Waals surface area contributed by atoms with Gasteiger partial charge in [0.05, 0.1) is 23.1 Å². The third-order valence-electron chi connectivity index (χ3n) is 3.85. The highest BCUT2D eigenvalue weighted by molar-refractivity contribution is 7.16. The van der Waals surface area contributed by atoms with Gasteiger partial charge in [-0.1, -0.05) is 11.6 Å². The number of hydrogen-bond donors (Lipinski definition) is 3. The second-order valence-electron chi connectivity index (χ2n) is 6.15. The zero-order valence-electron chi connectivity index (χ0n) is 15.7. The molecule has 158 valence electrons. The predicted octanol–water partition coefficient (Wildman–Crippen LogP) is 1.69. The summed E-state index contributed by atoms with van der Waals surface area (Å²) in [4.78, 5) is 55.8. The van der Waals surface area contributed by atoms with Crippen molar-refractivity contribution in [3.63, 3.8) is 0 Å². The lowest BCUT2D eigenvalue weighted by Crippen LogP contribution is -2.36. The molecule has 13 heteroatoms. The average molecular weight is 469 g/mol. The van der Waals surface area contributed by atoms with E-state index in [-0.39, 0.29) is 19.0 Å². The molecule has 10 nitrogen and oxygen atoms in total. The van der Waals surface area contributed by atoms with E-state index in [1.54, 1.807) is 18.5 Å². The Morgan fingerprint density at radius 3 is 2.80 bits per heavy atom. The van der Waals surface area contributed by atoms with Crippen molar-refractivity contribution >= 4 is 51.3 Å². The Morgan fingerprint density at radius 2 is 2.10 bits per heavy atom. The largest absolute Gasteiger partial charge is 0.338 e. The Balaban J connectivity index is 1.50. The molecule has 0 fully saturated rings. The lowest BCUT2D eigenvalue weighted by Gasteiger charge is -2.16. The van der Waals surface area contributed by atoms with Crippen molar-refractivity contribution in [1.82, 2.24) is 24.8 Å². The number of amides is 3. The number of thiophene rings is 1. The third-order valence-corrected chi connectivity index (χ3v) is 5.89. The van der Waals surface area contributed by atoms with Gasteiger partial charge in [0.2, 0.25) is 5.91 Å². The maximum Gasteiger partial charge on any atom is 0.328 e. The van der Waals surface area contributed by atoms with Gasteiger partial charge < -0.3 is 10.2 Å². The van der Waals surface area contributed by atoms with Crippen molar-refractivity contribution in [3.8, 4) is 0 Å². The monoisotopic (exact) mass is 468 g/mol. The average Bonchev–Trinajstić information content (AvgIpc) is 3.30. The smallest absolute Gasteiger partial charge is 0.328 e. The molecule has 0 saturated heterocycles. The van der Waals surface area contributed by atoms with E-state index < -0.39 is 17.3 Å². The highest BCUT2D eigenvalue weighted by Gasteiger charge is 2.14. The highest BCUT2D eigenvalue weighted by atomic mass is 35.5. The van der Waals surface area contributed by atoms with Crippen LogP contribution in [0.25, 0.3) is 0 Å². The van der Waals surface area contributed by atoms with Crippen LogP contribution in [0.3, 0.4) is 0 Å². The number of nitrogens with zero attached hydrogens (tertiary/aromatic N) is 3. The van der Waals surface area contributed by atoms with Crippen LogP contribution < -0.4 is 21.9 Å². The standard InChI is InChI=1S/C17H17ClN6O4S2/c1-23(14(26)8-24-5-4-13(25)21-17(24)28)7-10-9-29-16(20-10)22-15(27)19-6-11-2-3-12(18)30-11/h2-5,9H,6-8H2,1H3,(H,21,25,28)(H2,19,20,22,27). The number of carbonyl (C=O) groups excluding carboxylic acids is 2. The Bertz CT molecular complexity index is 1170. The number of nitrogens with one attached hydrogen (secondary N) is 3. The molecule has 3 N–H and O–H groups in total. The number of urea groups is 1. The Kier molecular flexibility index (Phi) is 7.03. The lowest BCUT2D eigenvalue weighted by molar-refractivity contribution is -0.131. The van der Waals surface area contributed by atoms with Crippen LogP contribution in [-0.2, 0) is 24.4 Å². The van der Waals surface area contributed by atoms with Crippen LogP contribution in [0.5, 0.6) is 0 Å². The molecule has 0 radical (unpaired) electrons. The van der Waals surface area contributed by atoms with Crippen LogP contribution in [0.15, 0.2) is 39.4 Å². The summed E-state index contributed by atoms with van der Waals surface area (Å²) in [5.41, 5.74) is -0.590. The summed E-state index contributed by atoms with van der Waals surface area (Å²) < 4.78 is 1.76. The van der Waals surface area contributed by atoms with Crippen LogP contribution >= 0.6 is 34.3 Å². The molecular formula is C17H17ClN6O4S2. The van der Waals surface area contributed by atoms with E-state index in [0.29, 0.717) is 21.7 Å². The molecular weight excluding hydrogens is 452 g/mol. The van der Waals surface area contributed by atoms with Gasteiger partial charge in [0, 0.05) is 29.6 Å². The normalized spacial score (nSPS) is 10.6. The van der Waals surface area contributed by atoms with Gasteiger partial charge in [0.25, 0.3) is 5.56 Å². The topological polar surface area (TPSA) is 129 Å². The Labute approximate surface area is 183 Å². The number of hydrogen-bond acceptors (Lipinski definition) is 7. The van der Waals surface area contributed by atoms with E-state index in [4.69, 9.17) is 11.6 Å². The quantitative estimate of drug-likeness (QED) is 0.486. The summed E-state index contributed by atoms with van der Waals surface area (Å²) in [7, 11) is 1.57. The number of thiazole rings is 1. The molecule has 0 bridgehead atoms. The summed E-state index contributed by atoms with van der Waals surface area (Å²) in [5, 5.41) is 7.47. The number of H-pyrrole nitrogens is 1. The van der Waals surface area contributed by atoms with Gasteiger partial charge in [-0.25, -0.2) is 14.6 Å². The fourth-order valence-electron chi connectivity index (χ4n) is 2.36. The van der Waals surface area contributed by atoms with Crippen molar-refractivity contribution in [2.45, 2.75) is 19.6 Å². The van der Waals surface area contributed by atoms with E-state index in [1.165, 1.54) is 39.8 Å². The summed E-state index contributed by atoms with van der Waals surface area (Å²) >= 11 is 8.47. The molecule has 3 aromatic rings. The van der Waals surface area contributed by atoms with Gasteiger partial charge in [-0.05, 0) is 12.1 Å². The molecule has 0 aliphatic rings. The number of aromatic nitrogens is 3. The molecule has 0 aliphatic carbocycles. The summed E-state index contributed by atoms with van der Waals surface area (Å²) in [5.74, 6) is -0.334. The highest BCUT2D eigenvalue weighted by Crippen LogP contribution is 2.21. The molecule has 3 rings (SSSR count). The first-order valence-electron chi connectivity index (χ1n) is 8.57. The number of aromatic amines is 1. The first-order chi connectivity index (χ1) is 14.3. The molecule has 3 aromatic heterocycles. The zero-order chi connectivity index (χ0) is 21.7. The van der Waals surface area contributed by atoms with Crippen LogP contribution in [0.4, 0.5) is 9.93 Å². The van der Waals surface area contributed by atoms with Gasteiger partial charge in [-0.15, -0.1) is 22.7 Å². The first-order valence-corrected chi connectivity index (χ1v) is 10.6. The van der Waals surface area contributed by atoms with Crippen LogP contribution in [0.1, 0.15) is 10.6 Å². The van der Waals surface area contributed by atoms with Crippen molar-refractivity contribution < 1.29 is 9.59 Å². The van der Waals surface area contributed by atoms with E-state index in [1.807, 2.05) is 6.07 Å². The third kappa shape index (κ3) is 6.02. The second kappa shape index (κ2) is 9.69. The van der Waals surface area contributed by atoms with Crippen molar-refractivity contribution in [2.75, 3.05) is 12.4 Å². The Hall–Kier alpha value is -2.96. The van der Waals surface area contributed by atoms with E-state index in [9.17, 15) is 19.2 Å². The molecule has 0 spiro atoms. The molecule has 0 aliphatic heterocycles. The number of anilines is 1. The SMILES string of the molecule is CN(Cc1csc(NC(=O)NCc2ccc(Cl)s2)n1)C(=O)Cn1ccc(=O)[nH]c1=O. The lowest BCUT2D eigenvalue weighted by atomic mass is 10.4. The summed E-state index contributed by atoms with van der Waals surface area (Å²) in [6.07, 6.45) is 1.26. The van der Waals surface area contributed by atoms with Crippen LogP contribution in [-0.4, -0.2) is 38.4 Å². The molecule has 3 amide bonds. The number of halogens is 1. The predicted molar refractivity (Wildman–Crippen MR) is 115 cm³/mol. The molecule has 0 unspecified atom stereocenters. The first kappa shape index (κ1) is 21.7. The second-order valence-corrected chi connectivity index (χ2v) is 8.80. The minimum atomic E-state index is -0.653. The maximum absolute atomic E-state index is 12.3. The van der Waals surface area contributed by atoms with Gasteiger partial charge in [0.1, 0.15) is 6.54 Å². The molecule has 0 aromatic carbocycles. The van der Waals surface area contributed by atoms with Crippen molar-refractivity contribution in [2.24, 2.45) is 0 Å². The van der Waals surface area contributed by atoms with E-state index >= 15 is 0 Å². The van der Waals surface area contributed by atoms with Crippen molar-refractivity contribution in [3.05, 3.63) is 65.5 Å². The number of likely N-dealkylation sites (N-methyl/N-ethyl adjacent to an activating group) is 1. The number of carbonyl (C=O) groups is 2. The minimum Gasteiger partial charge on any atom is -0.338 e. The van der Waals surface area contributed by atoms with Gasteiger partial charge in [0.15, 0.2) is 5.13 Å². The fraction of sp³-hybridized carbons (Fsp3) is 0.235.